The molecule has 2 amide bonds. The molecule has 2 atom stereocenters. The van der Waals surface area contributed by atoms with Crippen LogP contribution >= 0.6 is 11.3 Å². The Morgan fingerprint density at radius 1 is 1.09 bits per heavy atom. The summed E-state index contributed by atoms with van der Waals surface area (Å²) in [5, 5.41) is 12.6. The highest BCUT2D eigenvalue weighted by Gasteiger charge is 2.37. The second-order valence-corrected chi connectivity index (χ2v) is 10.0. The van der Waals surface area contributed by atoms with Crippen LogP contribution in [0.15, 0.2) is 54.7 Å². The molecule has 1 aliphatic heterocycles. The smallest absolute Gasteiger partial charge is 0.407 e. The first kappa shape index (κ1) is 23.0. The number of nitrogens with zero attached hydrogens (tertiary/aromatic N) is 2. The Morgan fingerprint density at radius 3 is 2.37 bits per heavy atom. The normalized spacial score (nSPS) is 18.7. The van der Waals surface area contributed by atoms with E-state index in [0.29, 0.717) is 16.4 Å². The van der Waals surface area contributed by atoms with Crippen LogP contribution in [0.25, 0.3) is 11.1 Å². The van der Waals surface area contributed by atoms with Gasteiger partial charge in [0, 0.05) is 19.0 Å². The van der Waals surface area contributed by atoms with E-state index in [1.807, 2.05) is 31.2 Å². The number of aliphatic carboxylic acids is 1. The van der Waals surface area contributed by atoms with Gasteiger partial charge in [-0.25, -0.2) is 9.78 Å². The lowest BCUT2D eigenvalue weighted by molar-refractivity contribution is -0.142. The molecule has 2 aromatic carbocycles. The third kappa shape index (κ3) is 4.51. The number of carbonyl (C=O) groups is 3. The first-order valence-corrected chi connectivity index (χ1v) is 12.3. The number of carbonyl (C=O) groups excluding carboxylic acids is 2. The van der Waals surface area contributed by atoms with E-state index in [1.165, 1.54) is 28.7 Å². The van der Waals surface area contributed by atoms with Gasteiger partial charge in [0.25, 0.3) is 5.91 Å². The average molecular weight is 492 g/mol. The summed E-state index contributed by atoms with van der Waals surface area (Å²) in [6.45, 7) is 2.80. The molecule has 2 N–H and O–H groups in total. The molecule has 5 rings (SSSR count). The van der Waals surface area contributed by atoms with Crippen molar-refractivity contribution < 1.29 is 24.2 Å². The monoisotopic (exact) mass is 491 g/mol. The number of likely N-dealkylation sites (tertiary alicyclic amines) is 1. The van der Waals surface area contributed by atoms with Crippen molar-refractivity contribution in [3.05, 3.63) is 75.7 Å². The Balaban J connectivity index is 1.15. The van der Waals surface area contributed by atoms with Crippen LogP contribution in [0.2, 0.25) is 0 Å². The molecule has 2 aliphatic rings. The number of amides is 2. The SMILES string of the molecule is CC1CN(C(=O)c2cnc(CNC(=O)OCC3c4ccccc4-c4ccccc43)s2)CC1C(=O)O. The van der Waals surface area contributed by atoms with Gasteiger partial charge in [-0.05, 0) is 28.2 Å². The summed E-state index contributed by atoms with van der Waals surface area (Å²) in [6, 6.07) is 16.3. The zero-order valence-corrected chi connectivity index (χ0v) is 20.0. The number of carboxylic acids is 1. The number of thiazole rings is 1. The molecule has 180 valence electrons. The zero-order chi connectivity index (χ0) is 24.5. The Bertz CT molecular complexity index is 1240. The average Bonchev–Trinajstić information content (AvgIpc) is 3.57. The number of nitrogens with one attached hydrogen (secondary N) is 1. The van der Waals surface area contributed by atoms with Crippen molar-refractivity contribution in [2.75, 3.05) is 19.7 Å². The first-order chi connectivity index (χ1) is 16.9. The van der Waals surface area contributed by atoms with Gasteiger partial charge in [-0.1, -0.05) is 55.5 Å². The van der Waals surface area contributed by atoms with Crippen LogP contribution < -0.4 is 5.32 Å². The van der Waals surface area contributed by atoms with Crippen LogP contribution in [0.3, 0.4) is 0 Å². The van der Waals surface area contributed by atoms with E-state index >= 15 is 0 Å². The summed E-state index contributed by atoms with van der Waals surface area (Å²) in [4.78, 5) is 42.7. The highest BCUT2D eigenvalue weighted by molar-refractivity contribution is 7.13. The second kappa shape index (κ2) is 9.50. The first-order valence-electron chi connectivity index (χ1n) is 11.5. The van der Waals surface area contributed by atoms with E-state index in [0.717, 1.165) is 11.1 Å². The second-order valence-electron chi connectivity index (χ2n) is 8.93. The minimum Gasteiger partial charge on any atom is -0.481 e. The van der Waals surface area contributed by atoms with Gasteiger partial charge in [0.2, 0.25) is 0 Å². The van der Waals surface area contributed by atoms with E-state index in [-0.39, 0.29) is 37.4 Å². The molecular formula is C26H25N3O5S. The molecule has 3 aromatic rings. The molecule has 35 heavy (non-hydrogen) atoms. The summed E-state index contributed by atoms with van der Waals surface area (Å²) in [7, 11) is 0. The van der Waals surface area contributed by atoms with E-state index in [9.17, 15) is 19.5 Å². The van der Waals surface area contributed by atoms with E-state index in [2.05, 4.69) is 34.6 Å². The molecule has 1 saturated heterocycles. The van der Waals surface area contributed by atoms with Crippen molar-refractivity contribution in [3.63, 3.8) is 0 Å². The summed E-state index contributed by atoms with van der Waals surface area (Å²) >= 11 is 1.19. The number of alkyl carbamates (subject to hydrolysis) is 1. The lowest BCUT2D eigenvalue weighted by Crippen LogP contribution is -2.29. The molecule has 0 bridgehead atoms. The van der Waals surface area contributed by atoms with Crippen LogP contribution in [-0.4, -0.2) is 52.7 Å². The quantitative estimate of drug-likeness (QED) is 0.540. The van der Waals surface area contributed by atoms with Gasteiger partial charge in [-0.3, -0.25) is 9.59 Å². The summed E-state index contributed by atoms with van der Waals surface area (Å²) in [5.74, 6) is -1.79. The predicted octanol–water partition coefficient (Wildman–Crippen LogP) is 3.97. The fourth-order valence-electron chi connectivity index (χ4n) is 4.90. The van der Waals surface area contributed by atoms with Gasteiger partial charge in [-0.2, -0.15) is 0 Å². The minimum atomic E-state index is -0.884. The van der Waals surface area contributed by atoms with Crippen LogP contribution in [-0.2, 0) is 16.1 Å². The number of hydrogen-bond donors (Lipinski definition) is 2. The van der Waals surface area contributed by atoms with E-state index in [4.69, 9.17) is 4.74 Å². The van der Waals surface area contributed by atoms with Crippen molar-refractivity contribution in [2.24, 2.45) is 11.8 Å². The summed E-state index contributed by atoms with van der Waals surface area (Å²) in [5.41, 5.74) is 4.62. The molecule has 1 aliphatic carbocycles. The number of carboxylic acid groups (broad SMARTS) is 1. The number of hydrogen-bond acceptors (Lipinski definition) is 6. The minimum absolute atomic E-state index is 0.0188. The van der Waals surface area contributed by atoms with Crippen molar-refractivity contribution in [2.45, 2.75) is 19.4 Å². The number of fused-ring (bicyclic) bond motifs is 3. The highest BCUT2D eigenvalue weighted by atomic mass is 32.1. The maximum Gasteiger partial charge on any atom is 0.407 e. The molecular weight excluding hydrogens is 466 g/mol. The van der Waals surface area contributed by atoms with Gasteiger partial charge < -0.3 is 20.1 Å². The van der Waals surface area contributed by atoms with Crippen molar-refractivity contribution in [1.82, 2.24) is 15.2 Å². The molecule has 2 unspecified atom stereocenters. The summed E-state index contributed by atoms with van der Waals surface area (Å²) in [6.07, 6.45) is 0.924. The van der Waals surface area contributed by atoms with Crippen LogP contribution in [0, 0.1) is 11.8 Å². The van der Waals surface area contributed by atoms with Gasteiger partial charge in [0.1, 0.15) is 16.5 Å². The number of ether oxygens (including phenoxy) is 1. The lowest BCUT2D eigenvalue weighted by Gasteiger charge is -2.14. The largest absolute Gasteiger partial charge is 0.481 e. The Kier molecular flexibility index (Phi) is 6.25. The number of aromatic nitrogens is 1. The maximum atomic E-state index is 12.8. The Morgan fingerprint density at radius 2 is 1.74 bits per heavy atom. The molecule has 0 radical (unpaired) electrons. The molecule has 2 heterocycles. The van der Waals surface area contributed by atoms with E-state index < -0.39 is 18.0 Å². The van der Waals surface area contributed by atoms with E-state index in [1.54, 1.807) is 4.90 Å². The fourth-order valence-corrected chi connectivity index (χ4v) is 5.72. The van der Waals surface area contributed by atoms with Gasteiger partial charge in [0.15, 0.2) is 0 Å². The standard InChI is InChI=1S/C26H25N3O5S/c1-15-12-29(13-20(15)25(31)32)24(30)22-10-27-23(35-22)11-28-26(33)34-14-21-18-8-4-2-6-16(18)17-7-3-5-9-19(17)21/h2-10,15,20-21H,11-14H2,1H3,(H,28,33)(H,31,32). The molecule has 0 saturated carbocycles. The van der Waals surface area contributed by atoms with Crippen LogP contribution in [0.1, 0.15) is 38.6 Å². The van der Waals surface area contributed by atoms with Gasteiger partial charge in [0.05, 0.1) is 18.7 Å². The molecule has 8 nitrogen and oxygen atoms in total. The van der Waals surface area contributed by atoms with Crippen LogP contribution in [0.5, 0.6) is 0 Å². The van der Waals surface area contributed by atoms with Crippen molar-refractivity contribution in [1.29, 1.82) is 0 Å². The number of rotatable bonds is 6. The molecule has 9 heteroatoms. The van der Waals surface area contributed by atoms with Gasteiger partial charge in [-0.15, -0.1) is 11.3 Å². The molecule has 1 fully saturated rings. The third-order valence-electron chi connectivity index (χ3n) is 6.71. The maximum absolute atomic E-state index is 12.8. The van der Waals surface area contributed by atoms with Crippen molar-refractivity contribution >= 4 is 29.3 Å². The third-order valence-corrected chi connectivity index (χ3v) is 7.69. The topological polar surface area (TPSA) is 109 Å². The van der Waals surface area contributed by atoms with Crippen molar-refractivity contribution in [3.8, 4) is 11.1 Å². The zero-order valence-electron chi connectivity index (χ0n) is 19.1. The Labute approximate surface area is 206 Å². The molecule has 1 aromatic heterocycles. The molecule has 0 spiro atoms. The lowest BCUT2D eigenvalue weighted by atomic mass is 9.98. The van der Waals surface area contributed by atoms with Gasteiger partial charge >= 0.3 is 12.1 Å². The predicted molar refractivity (Wildman–Crippen MR) is 130 cm³/mol. The summed E-state index contributed by atoms with van der Waals surface area (Å²) < 4.78 is 5.54. The van der Waals surface area contributed by atoms with Crippen LogP contribution in [0.4, 0.5) is 4.79 Å². The number of benzene rings is 2. The fraction of sp³-hybridized carbons (Fsp3) is 0.308. The highest BCUT2D eigenvalue weighted by Crippen LogP contribution is 2.44. The Hall–Kier alpha value is -3.72.